The highest BCUT2D eigenvalue weighted by Crippen LogP contribution is 2.36. The molecule has 2 aromatic carbocycles. The topological polar surface area (TPSA) is 52.4 Å². The predicted octanol–water partition coefficient (Wildman–Crippen LogP) is 4.38. The van der Waals surface area contributed by atoms with Crippen LogP contribution in [-0.4, -0.2) is 41.1 Å². The Balaban J connectivity index is 1.46. The van der Waals surface area contributed by atoms with E-state index in [1.807, 2.05) is 36.5 Å². The molecule has 2 aromatic heterocycles. The Kier molecular flexibility index (Phi) is 3.87. The highest BCUT2D eigenvalue weighted by Gasteiger charge is 2.28. The third-order valence-corrected chi connectivity index (χ3v) is 5.72. The van der Waals surface area contributed by atoms with E-state index < -0.39 is 0 Å². The molecule has 5 rings (SSSR count). The van der Waals surface area contributed by atoms with Gasteiger partial charge in [0.1, 0.15) is 17.8 Å². The Morgan fingerprint density at radius 2 is 1.96 bits per heavy atom. The van der Waals surface area contributed by atoms with Gasteiger partial charge in [0.05, 0.1) is 12.0 Å². The van der Waals surface area contributed by atoms with E-state index >= 15 is 0 Å². The summed E-state index contributed by atoms with van der Waals surface area (Å²) in [6, 6.07) is 14.6. The summed E-state index contributed by atoms with van der Waals surface area (Å²) in [6.45, 7) is 9.31. The minimum Gasteiger partial charge on any atom is -0.369 e. The van der Waals surface area contributed by atoms with Crippen LogP contribution < -0.4 is 9.80 Å². The van der Waals surface area contributed by atoms with Crippen molar-refractivity contribution in [3.05, 3.63) is 66.4 Å². The number of nitrogens with one attached hydrogen (secondary N) is 1. The van der Waals surface area contributed by atoms with Gasteiger partial charge >= 0.3 is 0 Å². The number of H-pyrrole nitrogens is 1. The number of fused-ring (bicyclic) bond motifs is 2. The van der Waals surface area contributed by atoms with E-state index in [0.717, 1.165) is 47.1 Å². The maximum absolute atomic E-state index is 7.43. The maximum Gasteiger partial charge on any atom is 0.195 e. The fourth-order valence-electron chi connectivity index (χ4n) is 4.23. The third-order valence-electron chi connectivity index (χ3n) is 5.72. The third kappa shape index (κ3) is 2.55. The van der Waals surface area contributed by atoms with Gasteiger partial charge in [0.2, 0.25) is 0 Å². The number of hydrogen-bond acceptors (Lipinski definition) is 4. The molecule has 4 aromatic rings. The second-order valence-corrected chi connectivity index (χ2v) is 7.20. The van der Waals surface area contributed by atoms with Crippen molar-refractivity contribution in [2.45, 2.75) is 12.5 Å². The fourth-order valence-corrected chi connectivity index (χ4v) is 4.23. The summed E-state index contributed by atoms with van der Waals surface area (Å²) in [4.78, 5) is 20.4. The summed E-state index contributed by atoms with van der Waals surface area (Å²) in [5.74, 6) is 0.996. The number of benzene rings is 2. The summed E-state index contributed by atoms with van der Waals surface area (Å²) in [5, 5.41) is 3.21. The SMILES string of the molecule is [C-]#[N+]c1ccc(N(C)[C@@H]2CCN(c3ncnc4[nH]ccc34)C2)c2ccccc12. The number of aromatic nitrogens is 3. The van der Waals surface area contributed by atoms with Gasteiger partial charge in [-0.1, -0.05) is 30.3 Å². The minimum atomic E-state index is 0.381. The van der Waals surface area contributed by atoms with Crippen molar-refractivity contribution in [2.75, 3.05) is 29.9 Å². The number of anilines is 2. The quantitative estimate of drug-likeness (QED) is 0.545. The van der Waals surface area contributed by atoms with E-state index in [1.54, 1.807) is 6.33 Å². The lowest BCUT2D eigenvalue weighted by Crippen LogP contribution is -2.34. The van der Waals surface area contributed by atoms with Gasteiger partial charge in [-0.15, -0.1) is 0 Å². The zero-order valence-corrected chi connectivity index (χ0v) is 15.6. The molecule has 1 saturated heterocycles. The Morgan fingerprint density at radius 3 is 2.82 bits per heavy atom. The normalized spacial score (nSPS) is 16.6. The highest BCUT2D eigenvalue weighted by molar-refractivity contribution is 6.02. The number of aromatic amines is 1. The van der Waals surface area contributed by atoms with Crippen LogP contribution in [0.25, 0.3) is 26.7 Å². The molecule has 0 radical (unpaired) electrons. The Bertz CT molecular complexity index is 1200. The van der Waals surface area contributed by atoms with Gasteiger partial charge in [-0.25, -0.2) is 14.8 Å². The van der Waals surface area contributed by atoms with Gasteiger partial charge in [-0.3, -0.25) is 0 Å². The molecule has 1 aliphatic rings. The van der Waals surface area contributed by atoms with Gasteiger partial charge in [-0.05, 0) is 29.3 Å². The largest absolute Gasteiger partial charge is 0.369 e. The molecular weight excluding hydrogens is 348 g/mol. The summed E-state index contributed by atoms with van der Waals surface area (Å²) in [6.07, 6.45) is 4.60. The maximum atomic E-state index is 7.43. The number of hydrogen-bond donors (Lipinski definition) is 1. The Labute approximate surface area is 163 Å². The van der Waals surface area contributed by atoms with Crippen molar-refractivity contribution < 1.29 is 0 Å². The standard InChI is InChI=1S/C22H20N6/c1-23-19-7-8-20(17-6-4-3-5-16(17)19)27(2)15-10-12-28(13-15)22-18-9-11-24-21(18)25-14-26-22/h3-9,11,14-15H,10,12-13H2,2H3,(H,24,25,26)/t15-/m1/s1. The molecule has 1 atom stereocenters. The smallest absolute Gasteiger partial charge is 0.195 e. The molecule has 0 saturated carbocycles. The summed E-state index contributed by atoms with van der Waals surface area (Å²) >= 11 is 0. The van der Waals surface area contributed by atoms with Crippen LogP contribution in [0.15, 0.2) is 55.0 Å². The van der Waals surface area contributed by atoms with Crippen LogP contribution in [0.5, 0.6) is 0 Å². The van der Waals surface area contributed by atoms with Gasteiger partial charge in [0.15, 0.2) is 5.69 Å². The molecule has 1 aliphatic heterocycles. The Hall–Kier alpha value is -3.59. The van der Waals surface area contributed by atoms with Crippen LogP contribution in [0.2, 0.25) is 0 Å². The van der Waals surface area contributed by atoms with Crippen LogP contribution >= 0.6 is 0 Å². The van der Waals surface area contributed by atoms with Crippen LogP contribution in [0, 0.1) is 6.57 Å². The summed E-state index contributed by atoms with van der Waals surface area (Å²) in [5.41, 5.74) is 2.75. The second kappa shape index (κ2) is 6.54. The van der Waals surface area contributed by atoms with E-state index in [4.69, 9.17) is 6.57 Å². The molecule has 0 amide bonds. The van der Waals surface area contributed by atoms with Crippen LogP contribution in [0.4, 0.5) is 17.2 Å². The van der Waals surface area contributed by atoms with E-state index in [1.165, 1.54) is 5.69 Å². The molecule has 6 heteroatoms. The first-order chi connectivity index (χ1) is 13.8. The number of rotatable bonds is 3. The second-order valence-electron chi connectivity index (χ2n) is 7.20. The Morgan fingerprint density at radius 1 is 1.11 bits per heavy atom. The first-order valence-electron chi connectivity index (χ1n) is 9.41. The molecule has 28 heavy (non-hydrogen) atoms. The van der Waals surface area contributed by atoms with Crippen LogP contribution in [0.3, 0.4) is 0 Å². The van der Waals surface area contributed by atoms with E-state index in [9.17, 15) is 0 Å². The lowest BCUT2D eigenvalue weighted by molar-refractivity contribution is 0.694. The van der Waals surface area contributed by atoms with Crippen molar-refractivity contribution in [2.24, 2.45) is 0 Å². The fraction of sp³-hybridized carbons (Fsp3) is 0.227. The summed E-state index contributed by atoms with van der Waals surface area (Å²) < 4.78 is 0. The zero-order valence-electron chi connectivity index (χ0n) is 15.6. The van der Waals surface area contributed by atoms with E-state index in [2.05, 4.69) is 48.8 Å². The van der Waals surface area contributed by atoms with Gasteiger partial charge < -0.3 is 14.8 Å². The molecule has 0 bridgehead atoms. The van der Waals surface area contributed by atoms with Crippen molar-refractivity contribution in [1.29, 1.82) is 0 Å². The van der Waals surface area contributed by atoms with Crippen molar-refractivity contribution >= 4 is 39.0 Å². The summed E-state index contributed by atoms with van der Waals surface area (Å²) in [7, 11) is 2.15. The van der Waals surface area contributed by atoms with Gasteiger partial charge in [0, 0.05) is 38.1 Å². The van der Waals surface area contributed by atoms with Crippen molar-refractivity contribution in [3.63, 3.8) is 0 Å². The first kappa shape index (κ1) is 16.6. The molecule has 6 nitrogen and oxygen atoms in total. The van der Waals surface area contributed by atoms with Gasteiger partial charge in [-0.2, -0.15) is 0 Å². The minimum absolute atomic E-state index is 0.381. The van der Waals surface area contributed by atoms with Gasteiger partial charge in [0.25, 0.3) is 0 Å². The first-order valence-corrected chi connectivity index (χ1v) is 9.41. The molecule has 0 spiro atoms. The van der Waals surface area contributed by atoms with E-state index in [0.29, 0.717) is 11.7 Å². The molecular formula is C22H20N6. The van der Waals surface area contributed by atoms with Crippen LogP contribution in [0.1, 0.15) is 6.42 Å². The predicted molar refractivity (Wildman–Crippen MR) is 113 cm³/mol. The number of likely N-dealkylation sites (N-methyl/N-ethyl adjacent to an activating group) is 1. The van der Waals surface area contributed by atoms with E-state index in [-0.39, 0.29) is 0 Å². The molecule has 0 unspecified atom stereocenters. The molecule has 138 valence electrons. The zero-order chi connectivity index (χ0) is 19.1. The molecule has 0 aliphatic carbocycles. The molecule has 1 N–H and O–H groups in total. The lowest BCUT2D eigenvalue weighted by Gasteiger charge is -2.28. The van der Waals surface area contributed by atoms with Crippen molar-refractivity contribution in [1.82, 2.24) is 15.0 Å². The highest BCUT2D eigenvalue weighted by atomic mass is 15.3. The number of nitrogens with zero attached hydrogens (tertiary/aromatic N) is 5. The molecule has 3 heterocycles. The average molecular weight is 368 g/mol. The van der Waals surface area contributed by atoms with Crippen molar-refractivity contribution in [3.8, 4) is 0 Å². The lowest BCUT2D eigenvalue weighted by atomic mass is 10.0. The molecule has 1 fully saturated rings. The monoisotopic (exact) mass is 368 g/mol. The van der Waals surface area contributed by atoms with Crippen LogP contribution in [-0.2, 0) is 0 Å². The average Bonchev–Trinajstić information content (AvgIpc) is 3.42.